The fraction of sp³-hybridized carbons (Fsp3) is 0.857. The van der Waals surface area contributed by atoms with Crippen molar-refractivity contribution in [3.63, 3.8) is 0 Å². The van der Waals surface area contributed by atoms with E-state index in [2.05, 4.69) is 18.8 Å². The summed E-state index contributed by atoms with van der Waals surface area (Å²) >= 11 is -1.22. The van der Waals surface area contributed by atoms with E-state index in [4.69, 9.17) is 9.81 Å². The number of ether oxygens (including phenoxy) is 2. The molecule has 2 unspecified atom stereocenters. The van der Waals surface area contributed by atoms with Crippen molar-refractivity contribution >= 4 is 34.1 Å². The van der Waals surface area contributed by atoms with E-state index in [1.165, 1.54) is 0 Å². The van der Waals surface area contributed by atoms with Gasteiger partial charge in [0.25, 0.3) is 0 Å². The highest BCUT2D eigenvalue weighted by Crippen LogP contribution is 2.45. The summed E-state index contributed by atoms with van der Waals surface area (Å²) in [6.07, 6.45) is -12.1. The molecule has 0 aromatic rings. The molecule has 2 atom stereocenters. The normalized spacial score (nSPS) is 23.5. The van der Waals surface area contributed by atoms with E-state index in [-0.39, 0.29) is 25.7 Å². The third-order valence-electron chi connectivity index (χ3n) is 4.66. The minimum atomic E-state index is -6.58. The van der Waals surface area contributed by atoms with Gasteiger partial charge in [0.2, 0.25) is 0 Å². The third kappa shape index (κ3) is 6.80. The molecule has 0 radical (unpaired) electrons. The van der Waals surface area contributed by atoms with E-state index in [9.17, 15) is 53.1 Å². The van der Waals surface area contributed by atoms with Crippen LogP contribution < -0.4 is 0 Å². The number of rotatable bonds is 10. The first-order valence-electron chi connectivity index (χ1n) is 8.80. The van der Waals surface area contributed by atoms with E-state index >= 15 is 0 Å². The van der Waals surface area contributed by atoms with Gasteiger partial charge in [-0.25, -0.2) is 23.6 Å². The van der Waals surface area contributed by atoms with Crippen LogP contribution in [0.5, 0.6) is 0 Å². The van der Waals surface area contributed by atoms with E-state index < -0.39 is 81.5 Å². The molecule has 1 aliphatic carbocycles. The Hall–Kier alpha value is -1.48. The molecule has 1 rings (SSSR count). The van der Waals surface area contributed by atoms with Gasteiger partial charge in [0.1, 0.15) is 0 Å². The van der Waals surface area contributed by atoms with Crippen molar-refractivity contribution in [1.29, 1.82) is 0 Å². The van der Waals surface area contributed by atoms with E-state index in [0.717, 1.165) is 0 Å². The maximum absolute atomic E-state index is 14.0. The first-order chi connectivity index (χ1) is 15.3. The van der Waals surface area contributed by atoms with Crippen LogP contribution in [0.25, 0.3) is 0 Å². The average Bonchev–Trinajstić information content (AvgIpc) is 2.71. The Morgan fingerprint density at radius 1 is 0.824 bits per heavy atom. The van der Waals surface area contributed by atoms with Crippen molar-refractivity contribution in [2.24, 2.45) is 11.8 Å². The van der Waals surface area contributed by atoms with Gasteiger partial charge < -0.3 is 9.47 Å². The second-order valence-corrected chi connectivity index (χ2v) is 9.35. The number of alkyl halides is 8. The zero-order valence-corrected chi connectivity index (χ0v) is 18.0. The number of hydrogen-bond donors (Lipinski definition) is 2. The van der Waals surface area contributed by atoms with Crippen LogP contribution in [-0.4, -0.2) is 65.7 Å². The van der Waals surface area contributed by atoms with Crippen LogP contribution >= 0.6 is 12.0 Å². The third-order valence-corrected chi connectivity index (χ3v) is 6.52. The molecule has 0 spiro atoms. The Morgan fingerprint density at radius 2 is 1.24 bits per heavy atom. The van der Waals surface area contributed by atoms with Crippen LogP contribution in [0.15, 0.2) is 0 Å². The summed E-state index contributed by atoms with van der Waals surface area (Å²) in [5.41, 5.74) is 0. The molecule has 20 heteroatoms. The zero-order chi connectivity index (χ0) is 26.6. The fourth-order valence-corrected chi connectivity index (χ4v) is 3.67. The van der Waals surface area contributed by atoms with E-state index in [1.807, 2.05) is 0 Å². The predicted octanol–water partition coefficient (Wildman–Crippen LogP) is 3.29. The highest BCUT2D eigenvalue weighted by Gasteiger charge is 2.72. The molecular weight excluding hydrogens is 544 g/mol. The number of carbonyl (C=O) groups is 2. The minimum absolute atomic E-state index is 0.00290. The molecule has 10 nitrogen and oxygen atoms in total. The van der Waals surface area contributed by atoms with Crippen LogP contribution in [0.3, 0.4) is 0 Å². The summed E-state index contributed by atoms with van der Waals surface area (Å²) in [5.74, 6) is -6.72. The van der Waals surface area contributed by atoms with Gasteiger partial charge in [-0.1, -0.05) is 5.04 Å². The van der Waals surface area contributed by atoms with Gasteiger partial charge in [-0.3, -0.25) is 4.55 Å². The summed E-state index contributed by atoms with van der Waals surface area (Å²) in [5, 5.41) is 0.244. The number of carbonyl (C=O) groups excluding carboxylic acids is 2. The first-order valence-corrected chi connectivity index (χ1v) is 11.0. The molecule has 0 heterocycles. The number of hydrogen-bond acceptors (Lipinski definition) is 10. The van der Waals surface area contributed by atoms with Crippen molar-refractivity contribution in [2.45, 2.75) is 48.0 Å². The highest BCUT2D eigenvalue weighted by atomic mass is 32.2. The smallest absolute Gasteiger partial charge is 0.451 e. The molecule has 0 aromatic carbocycles. The maximum atomic E-state index is 14.0. The molecule has 0 bridgehead atoms. The molecule has 1 fully saturated rings. The molecule has 1 aliphatic rings. The van der Waals surface area contributed by atoms with Crippen molar-refractivity contribution < 1.29 is 81.8 Å². The van der Waals surface area contributed by atoms with Gasteiger partial charge in [-0.05, 0) is 37.5 Å². The number of halogens is 8. The Balaban J connectivity index is 2.61. The second kappa shape index (κ2) is 11.1. The molecule has 0 saturated heterocycles. The average molecular weight is 560 g/mol. The number of esters is 2. The monoisotopic (exact) mass is 560 g/mol. The Morgan fingerprint density at radius 3 is 1.56 bits per heavy atom. The lowest BCUT2D eigenvalue weighted by Gasteiger charge is -2.30. The lowest BCUT2D eigenvalue weighted by molar-refractivity contribution is -0.433. The first kappa shape index (κ1) is 30.6. The Kier molecular flexibility index (Phi) is 9.94. The van der Waals surface area contributed by atoms with Crippen LogP contribution in [0, 0.1) is 11.8 Å². The van der Waals surface area contributed by atoms with E-state index in [1.54, 1.807) is 0 Å². The van der Waals surface area contributed by atoms with Crippen LogP contribution in [-0.2, 0) is 38.6 Å². The van der Waals surface area contributed by atoms with Gasteiger partial charge in [-0.2, -0.15) is 34.8 Å². The predicted molar refractivity (Wildman–Crippen MR) is 91.1 cm³/mol. The lowest BCUT2D eigenvalue weighted by Crippen LogP contribution is -2.55. The molecule has 0 aromatic heterocycles. The Bertz CT molecular complexity index is 827. The van der Waals surface area contributed by atoms with Crippen LogP contribution in [0.1, 0.15) is 25.7 Å². The summed E-state index contributed by atoms with van der Waals surface area (Å²) in [4.78, 5) is 23.0. The van der Waals surface area contributed by atoms with Gasteiger partial charge in [0, 0.05) is 0 Å². The Labute approximate surface area is 189 Å². The van der Waals surface area contributed by atoms with Gasteiger partial charge in [0.15, 0.2) is 0 Å². The molecule has 0 aliphatic heterocycles. The van der Waals surface area contributed by atoms with Gasteiger partial charge in [0.05, 0.1) is 25.3 Å². The molecule has 0 amide bonds. The molecule has 34 heavy (non-hydrogen) atoms. The zero-order valence-electron chi connectivity index (χ0n) is 16.4. The van der Waals surface area contributed by atoms with Gasteiger partial charge >= 0.3 is 44.4 Å². The molecule has 2 N–H and O–H groups in total. The summed E-state index contributed by atoms with van der Waals surface area (Å²) in [6, 6.07) is 0. The topological polar surface area (TPSA) is 146 Å². The van der Waals surface area contributed by atoms with Crippen molar-refractivity contribution in [3.05, 3.63) is 0 Å². The fourth-order valence-electron chi connectivity index (χ4n) is 2.76. The van der Waals surface area contributed by atoms with E-state index in [0.29, 0.717) is 0 Å². The van der Waals surface area contributed by atoms with Crippen molar-refractivity contribution in [1.82, 2.24) is 0 Å². The highest BCUT2D eigenvalue weighted by molar-refractivity contribution is 7.96. The quantitative estimate of drug-likeness (QED) is 0.101. The summed E-state index contributed by atoms with van der Waals surface area (Å²) < 4.78 is 146. The second-order valence-electron chi connectivity index (χ2n) is 6.97. The van der Waals surface area contributed by atoms with Gasteiger partial charge in [-0.15, -0.1) is 4.33 Å². The SMILES string of the molecule is O=C(OCC1CCC(COC(=O)C(F)(C(F)(F)F)S(=O)(=O)O)CC1)C(F)(SOOO)C(F)(F)F. The van der Waals surface area contributed by atoms with Crippen molar-refractivity contribution in [2.75, 3.05) is 13.2 Å². The minimum Gasteiger partial charge on any atom is -0.462 e. The molecule has 1 saturated carbocycles. The van der Waals surface area contributed by atoms with Crippen LogP contribution in [0.2, 0.25) is 0 Å². The summed E-state index contributed by atoms with van der Waals surface area (Å²) in [7, 11) is -6.58. The van der Waals surface area contributed by atoms with Crippen molar-refractivity contribution in [3.8, 4) is 0 Å². The largest absolute Gasteiger partial charge is 0.462 e. The maximum Gasteiger partial charge on any atom is 0.451 e. The molecular formula is C14H16F8O10S2. The molecule has 200 valence electrons. The lowest BCUT2D eigenvalue weighted by atomic mass is 9.83. The standard InChI is InChI=1S/C14H16F8O10S2/c15-11(13(17,18)19,33-32-31-25)9(23)29-5-7-1-3-8(4-2-7)6-30-10(24)12(16,14(20,21)22)34(26,27)28/h7-8,25H,1-6H2,(H,26,27,28). The van der Waals surface area contributed by atoms with Crippen LogP contribution in [0.4, 0.5) is 35.1 Å². The summed E-state index contributed by atoms with van der Waals surface area (Å²) in [6.45, 7) is -1.61.